The summed E-state index contributed by atoms with van der Waals surface area (Å²) in [5.74, 6) is 0. The third kappa shape index (κ3) is 25400. The maximum atomic E-state index is 4.83. The molecular formula is C8H12Cl2Rh-4. The molecule has 0 amide bonds. The van der Waals surface area contributed by atoms with Gasteiger partial charge >= 0.3 is 34.5 Å². The summed E-state index contributed by atoms with van der Waals surface area (Å²) in [5.41, 5.74) is 0. The van der Waals surface area contributed by atoms with Crippen LogP contribution in [0.4, 0.5) is 0 Å². The van der Waals surface area contributed by atoms with Crippen LogP contribution in [0.2, 0.25) is 0 Å². The van der Waals surface area contributed by atoms with E-state index in [1.165, 1.54) is 0 Å². The molecule has 0 spiro atoms. The van der Waals surface area contributed by atoms with E-state index < -0.39 is 0 Å². The van der Waals surface area contributed by atoms with E-state index in [1.807, 2.05) is 0 Å². The predicted molar refractivity (Wildman–Crippen MR) is 51.4 cm³/mol. The average Bonchev–Trinajstić information content (AvgIpc) is 2.18. The Morgan fingerprint density at radius 3 is 0.636 bits per heavy atom. The third-order valence-corrected chi connectivity index (χ3v) is 0. The van der Waals surface area contributed by atoms with Gasteiger partial charge in [-0.2, -0.15) is 0 Å². The Balaban J connectivity index is -0.0000000139. The molecule has 0 aromatic heterocycles. The van der Waals surface area contributed by atoms with Gasteiger partial charge in [0.2, 0.25) is 0 Å². The van der Waals surface area contributed by atoms with Gasteiger partial charge < -0.3 is 26.3 Å². The first-order chi connectivity index (χ1) is 5.41. The number of hydrogen-bond donors (Lipinski definition) is 0. The molecule has 0 fully saturated rings. The molecule has 3 heteroatoms. The van der Waals surface area contributed by atoms with Crippen molar-refractivity contribution in [1.29, 1.82) is 0 Å². The Hall–Kier alpha value is 0.163. The van der Waals surface area contributed by atoms with E-state index >= 15 is 0 Å². The molecule has 0 aliphatic rings. The number of hydrogen-bond acceptors (Lipinski definition) is 0. The molecule has 0 unspecified atom stereocenters. The van der Waals surface area contributed by atoms with Crippen LogP contribution in [0.3, 0.4) is 0 Å². The Labute approximate surface area is 87.0 Å². The zero-order valence-corrected chi connectivity index (χ0v) is 9.38. The van der Waals surface area contributed by atoms with Gasteiger partial charge in [-0.15, -0.1) is 0 Å². The number of rotatable bonds is 0. The minimum absolute atomic E-state index is 0.226. The normalized spacial score (nSPS) is 3.45. The molecule has 0 nitrogen and oxygen atoms in total. The van der Waals surface area contributed by atoms with E-state index in [9.17, 15) is 0 Å². The van der Waals surface area contributed by atoms with Crippen molar-refractivity contribution in [1.82, 2.24) is 0 Å². The molecule has 71 valence electrons. The fourth-order valence-electron chi connectivity index (χ4n) is 0. The predicted octanol–water partition coefficient (Wildman–Crippen LogP) is 3.80. The molecular weight excluding hydrogens is 270 g/mol. The second kappa shape index (κ2) is 631. The second-order valence-corrected chi connectivity index (χ2v) is 2.54. The summed E-state index contributed by atoms with van der Waals surface area (Å²) in [5, 5.41) is 0. The van der Waals surface area contributed by atoms with Gasteiger partial charge in [0.15, 0.2) is 0 Å². The van der Waals surface area contributed by atoms with E-state index in [2.05, 4.69) is 52.6 Å². The summed E-state index contributed by atoms with van der Waals surface area (Å²) >= 11 is -0.226. The Bertz CT molecular complexity index is 27.3. The fraction of sp³-hybridized carbons (Fsp3) is 0. The zero-order valence-electron chi connectivity index (χ0n) is 6.23. The Kier molecular flexibility index (Phi) is 1740. The van der Waals surface area contributed by atoms with Gasteiger partial charge in [-0.1, -0.05) is 0 Å². The Morgan fingerprint density at radius 1 is 0.636 bits per heavy atom. The van der Waals surface area contributed by atoms with Gasteiger partial charge in [0.1, 0.15) is 0 Å². The van der Waals surface area contributed by atoms with Crippen molar-refractivity contribution in [3.8, 4) is 0 Å². The van der Waals surface area contributed by atoms with Crippen LogP contribution >= 0.6 is 19.4 Å². The van der Waals surface area contributed by atoms with E-state index in [1.54, 1.807) is 0 Å². The summed E-state index contributed by atoms with van der Waals surface area (Å²) in [6.45, 7) is 28.0. The first-order valence-electron chi connectivity index (χ1n) is 1.88. The van der Waals surface area contributed by atoms with E-state index in [4.69, 9.17) is 19.4 Å². The van der Waals surface area contributed by atoms with Crippen LogP contribution in [0.15, 0.2) is 26.3 Å². The molecule has 0 bridgehead atoms. The van der Waals surface area contributed by atoms with E-state index in [0.717, 1.165) is 0 Å². The molecule has 0 radical (unpaired) electrons. The molecule has 0 aliphatic carbocycles. The van der Waals surface area contributed by atoms with Crippen LogP contribution < -0.4 is 0 Å². The summed E-state index contributed by atoms with van der Waals surface area (Å²) in [6.07, 6.45) is 0. The molecule has 0 rings (SSSR count). The maximum absolute atomic E-state index is 4.83. The fourth-order valence-corrected chi connectivity index (χ4v) is 0. The summed E-state index contributed by atoms with van der Waals surface area (Å²) in [6, 6.07) is 0. The van der Waals surface area contributed by atoms with Crippen molar-refractivity contribution in [3.05, 3.63) is 52.6 Å². The van der Waals surface area contributed by atoms with E-state index in [0.29, 0.717) is 0 Å². The van der Waals surface area contributed by atoms with E-state index in [-0.39, 0.29) is 15.1 Å². The minimum atomic E-state index is -0.226. The molecule has 0 N–H and O–H groups in total. The molecule has 0 aromatic carbocycles. The van der Waals surface area contributed by atoms with Gasteiger partial charge in [0.05, 0.1) is 0 Å². The zero-order chi connectivity index (χ0) is 10.7. The molecule has 0 aromatic rings. The van der Waals surface area contributed by atoms with Gasteiger partial charge in [-0.05, 0) is 0 Å². The molecule has 0 atom stereocenters. The quantitative estimate of drug-likeness (QED) is 0.468. The molecule has 0 aliphatic heterocycles. The van der Waals surface area contributed by atoms with Crippen LogP contribution in [0.5, 0.6) is 0 Å². The van der Waals surface area contributed by atoms with Gasteiger partial charge in [-0.25, -0.2) is 0 Å². The average molecular weight is 282 g/mol. The topological polar surface area (TPSA) is 0 Å². The Morgan fingerprint density at radius 2 is 0.636 bits per heavy atom. The van der Waals surface area contributed by atoms with Crippen molar-refractivity contribution < 1.29 is 15.1 Å². The third-order valence-electron chi connectivity index (χ3n) is 0. The molecule has 0 heterocycles. The molecule has 0 saturated heterocycles. The van der Waals surface area contributed by atoms with Crippen LogP contribution in [0.25, 0.3) is 0 Å². The van der Waals surface area contributed by atoms with Crippen LogP contribution in [-0.2, 0) is 15.1 Å². The monoisotopic (exact) mass is 281 g/mol. The summed E-state index contributed by atoms with van der Waals surface area (Å²) in [4.78, 5) is 0. The molecule has 11 heavy (non-hydrogen) atoms. The van der Waals surface area contributed by atoms with Gasteiger partial charge in [-0.3, -0.25) is 26.3 Å². The SMILES string of the molecule is [CH-]=C.[CH-]=C.[CH-]=C.[CH-]=C.[Cl][Rh][Cl]. The molecule has 0 saturated carbocycles. The van der Waals surface area contributed by atoms with Crippen LogP contribution in [-0.4, -0.2) is 0 Å². The number of halogens is 2. The second-order valence-electron chi connectivity index (χ2n) is 0.0476. The van der Waals surface area contributed by atoms with Crippen molar-refractivity contribution in [2.45, 2.75) is 0 Å². The first kappa shape index (κ1) is 30.4. The van der Waals surface area contributed by atoms with Gasteiger partial charge in [0, 0.05) is 0 Å². The van der Waals surface area contributed by atoms with Crippen LogP contribution in [0.1, 0.15) is 0 Å². The van der Waals surface area contributed by atoms with Crippen LogP contribution in [0, 0.1) is 26.3 Å². The van der Waals surface area contributed by atoms with Gasteiger partial charge in [0.25, 0.3) is 0 Å². The van der Waals surface area contributed by atoms with Crippen molar-refractivity contribution in [2.75, 3.05) is 0 Å². The first-order valence-corrected chi connectivity index (χ1v) is 6.11. The standard InChI is InChI=1S/4C2H3.2ClH.Rh/c4*1-2;;;/h4*1H,2H2;2*1H;/q4*-1;;;+2/p-2. The summed E-state index contributed by atoms with van der Waals surface area (Å²) < 4.78 is 0. The van der Waals surface area contributed by atoms with Crippen molar-refractivity contribution in [2.24, 2.45) is 0 Å². The van der Waals surface area contributed by atoms with Crippen molar-refractivity contribution >= 4 is 19.4 Å². The summed E-state index contributed by atoms with van der Waals surface area (Å²) in [7, 11) is 9.67. The van der Waals surface area contributed by atoms with Crippen molar-refractivity contribution in [3.63, 3.8) is 0 Å².